The first-order valence-corrected chi connectivity index (χ1v) is 6.69. The van der Waals surface area contributed by atoms with Gasteiger partial charge in [-0.3, -0.25) is 4.90 Å². The third kappa shape index (κ3) is 3.60. The fourth-order valence-corrected chi connectivity index (χ4v) is 2.59. The van der Waals surface area contributed by atoms with Crippen molar-refractivity contribution >= 4 is 0 Å². The Bertz CT molecular complexity index is 444. The summed E-state index contributed by atoms with van der Waals surface area (Å²) in [5, 5.41) is 8.79. The first-order chi connectivity index (χ1) is 8.79. The van der Waals surface area contributed by atoms with Crippen LogP contribution in [0.4, 0.5) is 0 Å². The Morgan fingerprint density at radius 2 is 2.22 bits per heavy atom. The van der Waals surface area contributed by atoms with Crippen molar-refractivity contribution in [2.24, 2.45) is 5.92 Å². The molecule has 0 amide bonds. The minimum Gasteiger partial charge on any atom is -0.384 e. The highest BCUT2D eigenvalue weighted by Crippen LogP contribution is 2.19. The monoisotopic (exact) mass is 243 g/mol. The maximum atomic E-state index is 8.79. The molecule has 1 aromatic carbocycles. The lowest BCUT2D eigenvalue weighted by Crippen LogP contribution is -2.33. The van der Waals surface area contributed by atoms with Crippen LogP contribution in [0.15, 0.2) is 24.3 Å². The van der Waals surface area contributed by atoms with E-state index >= 15 is 0 Å². The summed E-state index contributed by atoms with van der Waals surface area (Å²) >= 11 is 0. The molecule has 1 saturated heterocycles. The molecule has 18 heavy (non-hydrogen) atoms. The van der Waals surface area contributed by atoms with Crippen LogP contribution in [0, 0.1) is 17.8 Å². The highest BCUT2D eigenvalue weighted by atomic mass is 16.2. The first-order valence-electron chi connectivity index (χ1n) is 6.69. The van der Waals surface area contributed by atoms with Gasteiger partial charge in [-0.2, -0.15) is 0 Å². The minimum atomic E-state index is -0.0743. The maximum Gasteiger partial charge on any atom is 0.104 e. The summed E-state index contributed by atoms with van der Waals surface area (Å²) < 4.78 is 0. The summed E-state index contributed by atoms with van der Waals surface area (Å²) in [5.74, 6) is 6.58. The molecule has 0 aliphatic carbocycles. The van der Waals surface area contributed by atoms with Gasteiger partial charge in [-0.05, 0) is 36.9 Å². The Balaban J connectivity index is 2.08. The van der Waals surface area contributed by atoms with E-state index in [0.717, 1.165) is 18.0 Å². The highest BCUT2D eigenvalue weighted by Gasteiger charge is 2.16. The molecule has 1 unspecified atom stereocenters. The van der Waals surface area contributed by atoms with Crippen LogP contribution in [0.3, 0.4) is 0 Å². The number of hydrogen-bond donors (Lipinski definition) is 1. The molecule has 1 atom stereocenters. The Kier molecular flexibility index (Phi) is 4.81. The molecule has 0 bridgehead atoms. The molecule has 1 N–H and O–H groups in total. The van der Waals surface area contributed by atoms with Crippen molar-refractivity contribution in [2.75, 3.05) is 19.7 Å². The van der Waals surface area contributed by atoms with Crippen LogP contribution in [0.1, 0.15) is 30.9 Å². The van der Waals surface area contributed by atoms with Crippen LogP contribution < -0.4 is 0 Å². The fourth-order valence-electron chi connectivity index (χ4n) is 2.59. The fraction of sp³-hybridized carbons (Fsp3) is 0.500. The van der Waals surface area contributed by atoms with Crippen LogP contribution in [0.5, 0.6) is 0 Å². The van der Waals surface area contributed by atoms with Crippen molar-refractivity contribution < 1.29 is 5.11 Å². The first kappa shape index (κ1) is 13.1. The second-order valence-corrected chi connectivity index (χ2v) is 5.10. The number of likely N-dealkylation sites (tertiary alicyclic amines) is 1. The molecule has 1 aliphatic rings. The van der Waals surface area contributed by atoms with Crippen molar-refractivity contribution in [3.63, 3.8) is 0 Å². The lowest BCUT2D eigenvalue weighted by Gasteiger charge is -2.31. The number of hydrogen-bond acceptors (Lipinski definition) is 2. The molecule has 2 heteroatoms. The van der Waals surface area contributed by atoms with E-state index in [1.54, 1.807) is 0 Å². The smallest absolute Gasteiger partial charge is 0.104 e. The summed E-state index contributed by atoms with van der Waals surface area (Å²) in [7, 11) is 0. The molecule has 1 fully saturated rings. The third-order valence-electron chi connectivity index (χ3n) is 3.45. The number of aliphatic hydroxyl groups is 1. The Labute approximate surface area is 110 Å². The van der Waals surface area contributed by atoms with Gasteiger partial charge in [0.05, 0.1) is 0 Å². The second-order valence-electron chi connectivity index (χ2n) is 5.10. The van der Waals surface area contributed by atoms with Gasteiger partial charge in [0.15, 0.2) is 0 Å². The number of nitrogens with zero attached hydrogens (tertiary/aromatic N) is 1. The van der Waals surface area contributed by atoms with Crippen LogP contribution >= 0.6 is 0 Å². The van der Waals surface area contributed by atoms with E-state index in [1.165, 1.54) is 31.5 Å². The average molecular weight is 243 g/mol. The Morgan fingerprint density at radius 3 is 3.00 bits per heavy atom. The van der Waals surface area contributed by atoms with E-state index < -0.39 is 0 Å². The van der Waals surface area contributed by atoms with Crippen molar-refractivity contribution in [1.82, 2.24) is 4.90 Å². The SMILES string of the molecule is CC1CCCN(Cc2ccccc2C#CCO)C1. The number of benzene rings is 1. The molecular weight excluding hydrogens is 222 g/mol. The van der Waals surface area contributed by atoms with Gasteiger partial charge < -0.3 is 5.11 Å². The molecule has 2 rings (SSSR count). The van der Waals surface area contributed by atoms with Crippen LogP contribution in [0.2, 0.25) is 0 Å². The van der Waals surface area contributed by atoms with Crippen LogP contribution in [0.25, 0.3) is 0 Å². The van der Waals surface area contributed by atoms with Gasteiger partial charge in [0.2, 0.25) is 0 Å². The molecular formula is C16H21NO. The van der Waals surface area contributed by atoms with Gasteiger partial charge in [-0.1, -0.05) is 37.0 Å². The Hall–Kier alpha value is -1.30. The van der Waals surface area contributed by atoms with Gasteiger partial charge in [0.25, 0.3) is 0 Å². The van der Waals surface area contributed by atoms with E-state index in [1.807, 2.05) is 12.1 Å². The summed E-state index contributed by atoms with van der Waals surface area (Å²) in [5.41, 5.74) is 2.32. The van der Waals surface area contributed by atoms with Gasteiger partial charge in [0, 0.05) is 18.7 Å². The second kappa shape index (κ2) is 6.58. The summed E-state index contributed by atoms with van der Waals surface area (Å²) in [4.78, 5) is 2.51. The van der Waals surface area contributed by atoms with Gasteiger partial charge >= 0.3 is 0 Å². The van der Waals surface area contributed by atoms with Gasteiger partial charge in [-0.25, -0.2) is 0 Å². The predicted molar refractivity (Wildman–Crippen MR) is 74.1 cm³/mol. The van der Waals surface area contributed by atoms with Crippen molar-refractivity contribution in [2.45, 2.75) is 26.3 Å². The van der Waals surface area contributed by atoms with E-state index in [-0.39, 0.29) is 6.61 Å². The van der Waals surface area contributed by atoms with Crippen LogP contribution in [-0.2, 0) is 6.54 Å². The molecule has 1 aromatic rings. The van der Waals surface area contributed by atoms with Crippen LogP contribution in [-0.4, -0.2) is 29.7 Å². The van der Waals surface area contributed by atoms with Crippen molar-refractivity contribution in [1.29, 1.82) is 0 Å². The van der Waals surface area contributed by atoms with Crippen molar-refractivity contribution in [3.05, 3.63) is 35.4 Å². The lowest BCUT2D eigenvalue weighted by molar-refractivity contribution is 0.176. The molecule has 0 saturated carbocycles. The van der Waals surface area contributed by atoms with E-state index in [2.05, 4.69) is 35.8 Å². The average Bonchev–Trinajstić information content (AvgIpc) is 2.38. The minimum absolute atomic E-state index is 0.0743. The summed E-state index contributed by atoms with van der Waals surface area (Å²) in [6.45, 7) is 5.59. The van der Waals surface area contributed by atoms with E-state index in [4.69, 9.17) is 5.11 Å². The predicted octanol–water partition coefficient (Wildman–Crippen LogP) is 2.26. The van der Waals surface area contributed by atoms with Gasteiger partial charge in [0.1, 0.15) is 6.61 Å². The Morgan fingerprint density at radius 1 is 1.39 bits per heavy atom. The number of aliphatic hydroxyl groups excluding tert-OH is 1. The molecule has 1 aliphatic heterocycles. The highest BCUT2D eigenvalue weighted by molar-refractivity contribution is 5.41. The number of rotatable bonds is 2. The topological polar surface area (TPSA) is 23.5 Å². The molecule has 96 valence electrons. The molecule has 2 nitrogen and oxygen atoms in total. The van der Waals surface area contributed by atoms with E-state index in [0.29, 0.717) is 0 Å². The zero-order chi connectivity index (χ0) is 12.8. The lowest BCUT2D eigenvalue weighted by atomic mass is 9.99. The molecule has 0 radical (unpaired) electrons. The van der Waals surface area contributed by atoms with Crippen molar-refractivity contribution in [3.8, 4) is 11.8 Å². The van der Waals surface area contributed by atoms with Gasteiger partial charge in [-0.15, -0.1) is 0 Å². The zero-order valence-corrected chi connectivity index (χ0v) is 11.0. The zero-order valence-electron chi connectivity index (χ0n) is 11.0. The summed E-state index contributed by atoms with van der Waals surface area (Å²) in [6, 6.07) is 8.24. The largest absolute Gasteiger partial charge is 0.384 e. The molecule has 0 spiro atoms. The third-order valence-corrected chi connectivity index (χ3v) is 3.45. The summed E-state index contributed by atoms with van der Waals surface area (Å²) in [6.07, 6.45) is 2.65. The molecule has 0 aromatic heterocycles. The quantitative estimate of drug-likeness (QED) is 0.805. The maximum absolute atomic E-state index is 8.79. The van der Waals surface area contributed by atoms with E-state index in [9.17, 15) is 0 Å². The number of piperidine rings is 1. The molecule has 1 heterocycles. The standard InChI is InChI=1S/C16H21NO/c1-14-6-4-10-17(12-14)13-16-8-3-2-7-15(16)9-5-11-18/h2-3,7-8,14,18H,4,6,10-13H2,1H3. The normalized spacial score (nSPS) is 20.2.